The van der Waals surface area contributed by atoms with Crippen LogP contribution in [0.4, 0.5) is 0 Å². The first kappa shape index (κ1) is 84.7. The van der Waals surface area contributed by atoms with Gasteiger partial charge in [-0.15, -0.1) is 11.3 Å². The molecule has 0 fully saturated rings. The zero-order valence-electron chi connectivity index (χ0n) is 78.4. The van der Waals surface area contributed by atoms with Crippen molar-refractivity contribution in [1.29, 1.82) is 0 Å². The van der Waals surface area contributed by atoms with Crippen molar-refractivity contribution in [1.82, 2.24) is 39.9 Å². The maximum Gasteiger partial charge on any atom is 0.143 e. The highest BCUT2D eigenvalue weighted by molar-refractivity contribution is 7.25. The molecule has 146 heavy (non-hydrogen) atoms. The van der Waals surface area contributed by atoms with Crippen LogP contribution in [-0.4, -0.2) is 39.9 Å². The minimum atomic E-state index is 0.870. The van der Waals surface area contributed by atoms with Crippen molar-refractivity contribution >= 4 is 206 Å². The Balaban J connectivity index is 0.0000000944. The lowest BCUT2D eigenvalue weighted by atomic mass is 9.95. The number of hydrogen-bond acceptors (Lipinski definition) is 12. The minimum Gasteiger partial charge on any atom is -0.455 e. The van der Waals surface area contributed by atoms with Crippen molar-refractivity contribution in [2.45, 2.75) is 0 Å². The van der Waals surface area contributed by atoms with E-state index in [2.05, 4.69) is 358 Å². The molecule has 8 aromatic heterocycles. The van der Waals surface area contributed by atoms with Crippen LogP contribution in [0.1, 0.15) is 0 Å². The van der Waals surface area contributed by atoms with Crippen molar-refractivity contribution < 1.29 is 13.3 Å². The molecule has 11 nitrogen and oxygen atoms in total. The SMILES string of the molecule is c1ccc(-c2cccc(-c3nc4ccccc4nc3-c3cccc4cc5sc6ccccc6c5cc34)c2)cc1.c1ccc(-c2nc3c(ccc4ccccc43)nc2-c2cccc3c2ccc2c4ccccc4oc32)cc1.c1ccc(-c2nc3ccc4ccccc4c3nc2-c2cccc3c2ccc2c4ccccc4oc32)cc1.c1ccc(-c2nc3ccccc3nc2-c2cccc3c2ccc2c4ccccc4oc32)cc1. The monoisotopic (exact) mass is 1880 g/mol. The van der Waals surface area contributed by atoms with Crippen LogP contribution in [-0.2, 0) is 0 Å². The van der Waals surface area contributed by atoms with Gasteiger partial charge in [0.25, 0.3) is 0 Å². The molecular weight excluding hydrogens is 1800 g/mol. The van der Waals surface area contributed by atoms with E-state index in [0.717, 1.165) is 254 Å². The van der Waals surface area contributed by atoms with Gasteiger partial charge in [-0.2, -0.15) is 0 Å². The number of para-hydroxylation sites is 7. The Bertz CT molecular complexity index is 10700. The fourth-order valence-electron chi connectivity index (χ4n) is 21.3. The molecule has 0 N–H and O–H groups in total. The van der Waals surface area contributed by atoms with Gasteiger partial charge in [0.15, 0.2) is 0 Å². The van der Waals surface area contributed by atoms with Gasteiger partial charge in [-0.1, -0.05) is 388 Å². The maximum atomic E-state index is 6.36. The standard InChI is InChI=1S/C36H22N2S.2C34H20N2O.C30H18N2O/c1-2-10-23(11-3-1)24-12-8-14-26(20-24)35-36(38-32-18-6-5-17-31(32)37-35)28-16-9-13-25-21-34-30(22-29(25)28)27-15-4-7-19-33(27)39-34;1-2-10-22(11-3-1)31-33(35-29-20-17-21-9-4-5-12-23(21)32(29)36-31)26-14-8-15-27-24(26)18-19-28-25-13-6-7-16-30(25)37-34(27)28;1-2-10-22(11-3-1)31-33(36-32-23-12-5-4-9-21(23)17-20-29(32)35-31)26-14-8-15-27-24(26)18-19-28-25-13-6-7-16-30(25)37-34(27)28;1-2-9-19(10-3-1)28-29(32-26-15-6-5-14-25(26)31-28)22-12-8-13-23-20(22)17-18-24-21-11-4-7-16-27(21)33-30(23)24/h1-22H;2*1-20H;1-18H. The number of thiophene rings is 1. The van der Waals surface area contributed by atoms with Crippen LogP contribution in [0.15, 0.2) is 499 Å². The van der Waals surface area contributed by atoms with Crippen LogP contribution in [0.3, 0.4) is 0 Å². The Hall–Kier alpha value is -19.4. The quantitative estimate of drug-likeness (QED) is 0.127. The summed E-state index contributed by atoms with van der Waals surface area (Å²) in [6.07, 6.45) is 0. The molecule has 680 valence electrons. The fourth-order valence-corrected chi connectivity index (χ4v) is 22.5. The second-order valence-electron chi connectivity index (χ2n) is 36.8. The van der Waals surface area contributed by atoms with E-state index >= 15 is 0 Å². The highest BCUT2D eigenvalue weighted by Crippen LogP contribution is 2.48. The Morgan fingerprint density at radius 3 is 0.897 bits per heavy atom. The number of benzene rings is 23. The van der Waals surface area contributed by atoms with Crippen LogP contribution in [0, 0.1) is 0 Å². The number of hydrogen-bond donors (Lipinski definition) is 0. The predicted octanol–water partition coefficient (Wildman–Crippen LogP) is 36.5. The van der Waals surface area contributed by atoms with Crippen LogP contribution >= 0.6 is 11.3 Å². The maximum absolute atomic E-state index is 6.36. The van der Waals surface area contributed by atoms with E-state index in [0.29, 0.717) is 0 Å². The largest absolute Gasteiger partial charge is 0.455 e. The van der Waals surface area contributed by atoms with E-state index in [-0.39, 0.29) is 0 Å². The predicted molar refractivity (Wildman–Crippen MR) is 607 cm³/mol. The van der Waals surface area contributed by atoms with Gasteiger partial charge in [0, 0.05) is 124 Å². The minimum absolute atomic E-state index is 0.870. The summed E-state index contributed by atoms with van der Waals surface area (Å²) in [6, 6.07) is 168. The first-order chi connectivity index (χ1) is 72.4. The topological polar surface area (TPSA) is 143 Å². The summed E-state index contributed by atoms with van der Waals surface area (Å²) in [4.78, 5) is 41.6. The Morgan fingerprint density at radius 1 is 0.144 bits per heavy atom. The molecule has 0 bridgehead atoms. The second-order valence-corrected chi connectivity index (χ2v) is 37.9. The van der Waals surface area contributed by atoms with Crippen LogP contribution in [0.25, 0.3) is 296 Å². The Labute approximate surface area is 839 Å². The molecule has 8 heterocycles. The van der Waals surface area contributed by atoms with Gasteiger partial charge >= 0.3 is 0 Å². The van der Waals surface area contributed by atoms with Crippen LogP contribution in [0.5, 0.6) is 0 Å². The molecule has 0 aliphatic rings. The Kier molecular flexibility index (Phi) is 20.5. The van der Waals surface area contributed by atoms with Crippen molar-refractivity contribution in [3.05, 3.63) is 485 Å². The summed E-state index contributed by atoms with van der Waals surface area (Å²) in [6.45, 7) is 0. The summed E-state index contributed by atoms with van der Waals surface area (Å²) in [7, 11) is 0. The molecule has 0 unspecified atom stereocenters. The highest BCUT2D eigenvalue weighted by atomic mass is 32.1. The molecule has 0 saturated carbocycles. The molecule has 23 aromatic carbocycles. The van der Waals surface area contributed by atoms with Gasteiger partial charge in [-0.3, -0.25) is 0 Å². The smallest absolute Gasteiger partial charge is 0.143 e. The third kappa shape index (κ3) is 14.7. The van der Waals surface area contributed by atoms with E-state index in [1.54, 1.807) is 0 Å². The van der Waals surface area contributed by atoms with E-state index in [1.807, 2.05) is 139 Å². The fraction of sp³-hybridized carbons (Fsp3) is 0. The Morgan fingerprint density at radius 2 is 0.438 bits per heavy atom. The zero-order chi connectivity index (χ0) is 96.2. The zero-order valence-corrected chi connectivity index (χ0v) is 79.2. The molecule has 0 saturated heterocycles. The van der Waals surface area contributed by atoms with Crippen molar-refractivity contribution in [3.63, 3.8) is 0 Å². The molecular formula is C134H80N8O3S. The van der Waals surface area contributed by atoms with E-state index in [9.17, 15) is 0 Å². The average molecular weight is 1880 g/mol. The van der Waals surface area contributed by atoms with Crippen molar-refractivity contribution in [3.8, 4) is 101 Å². The van der Waals surface area contributed by atoms with Gasteiger partial charge in [-0.05, 0) is 146 Å². The molecule has 31 rings (SSSR count). The van der Waals surface area contributed by atoms with Gasteiger partial charge in [0.1, 0.15) is 33.5 Å². The van der Waals surface area contributed by atoms with Gasteiger partial charge in [-0.25, -0.2) is 39.9 Å². The summed E-state index contributed by atoms with van der Waals surface area (Å²) < 4.78 is 21.6. The molecule has 0 aliphatic heterocycles. The lowest BCUT2D eigenvalue weighted by molar-refractivity contribution is 0.672. The molecule has 31 aromatic rings. The van der Waals surface area contributed by atoms with Crippen LogP contribution in [0.2, 0.25) is 0 Å². The van der Waals surface area contributed by atoms with Gasteiger partial charge in [0.2, 0.25) is 0 Å². The summed E-state index contributed by atoms with van der Waals surface area (Å²) >= 11 is 1.85. The molecule has 0 spiro atoms. The van der Waals surface area contributed by atoms with Gasteiger partial charge in [0.05, 0.1) is 89.7 Å². The van der Waals surface area contributed by atoms with Crippen LogP contribution < -0.4 is 0 Å². The first-order valence-electron chi connectivity index (χ1n) is 49.0. The van der Waals surface area contributed by atoms with Gasteiger partial charge < -0.3 is 13.3 Å². The third-order valence-corrected chi connectivity index (χ3v) is 29.4. The number of nitrogens with zero attached hydrogens (tertiary/aromatic N) is 8. The molecule has 0 radical (unpaired) electrons. The summed E-state index contributed by atoms with van der Waals surface area (Å²) in [5, 5.41) is 22.8. The second kappa shape index (κ2) is 35.4. The summed E-state index contributed by atoms with van der Waals surface area (Å²) in [5.74, 6) is 0. The van der Waals surface area contributed by atoms with Crippen molar-refractivity contribution in [2.75, 3.05) is 0 Å². The molecule has 0 atom stereocenters. The highest BCUT2D eigenvalue weighted by Gasteiger charge is 2.26. The third-order valence-electron chi connectivity index (χ3n) is 28.2. The number of rotatable bonds is 9. The van der Waals surface area contributed by atoms with E-state index in [1.165, 1.54) is 42.1 Å². The van der Waals surface area contributed by atoms with Crippen molar-refractivity contribution in [2.24, 2.45) is 0 Å². The number of furan rings is 3. The summed E-state index contributed by atoms with van der Waals surface area (Å²) in [5.41, 5.74) is 30.4. The number of fused-ring (bicyclic) bond motifs is 27. The lowest BCUT2D eigenvalue weighted by Gasteiger charge is -2.14. The normalized spacial score (nSPS) is 11.7. The van der Waals surface area contributed by atoms with E-state index < -0.39 is 0 Å². The lowest BCUT2D eigenvalue weighted by Crippen LogP contribution is -1.97. The molecule has 12 heteroatoms. The number of aromatic nitrogens is 8. The van der Waals surface area contributed by atoms with E-state index in [4.69, 9.17) is 53.1 Å². The first-order valence-corrected chi connectivity index (χ1v) is 49.8. The average Bonchev–Trinajstić information content (AvgIpc) is 1.16. The molecule has 0 amide bonds. The molecule has 0 aliphatic carbocycles.